The highest BCUT2D eigenvalue weighted by Gasteiger charge is 2.16. The number of carbonyl (C=O) groups is 1. The third-order valence-electron chi connectivity index (χ3n) is 3.54. The lowest BCUT2D eigenvalue weighted by molar-refractivity contribution is -0.116. The standard InChI is InChI=1S/C13H21N3O2/c1-9-10(2)16-18-13(9)15-12(17)7-6-11-5-3-4-8-14-11/h11,14H,3-8H2,1-2H3,(H,15,17). The number of hydrogen-bond acceptors (Lipinski definition) is 4. The largest absolute Gasteiger partial charge is 0.338 e. The molecule has 0 aromatic carbocycles. The van der Waals surface area contributed by atoms with E-state index in [1.165, 1.54) is 19.3 Å². The van der Waals surface area contributed by atoms with Crippen LogP contribution >= 0.6 is 0 Å². The molecule has 2 N–H and O–H groups in total. The Morgan fingerprint density at radius 2 is 2.33 bits per heavy atom. The molecule has 18 heavy (non-hydrogen) atoms. The van der Waals surface area contributed by atoms with Crippen molar-refractivity contribution in [2.45, 2.75) is 52.0 Å². The molecule has 0 spiro atoms. The summed E-state index contributed by atoms with van der Waals surface area (Å²) in [5.41, 5.74) is 1.72. The number of nitrogens with one attached hydrogen (secondary N) is 2. The zero-order valence-electron chi connectivity index (χ0n) is 11.1. The van der Waals surface area contributed by atoms with E-state index >= 15 is 0 Å². The first-order chi connectivity index (χ1) is 8.66. The van der Waals surface area contributed by atoms with Crippen molar-refractivity contribution in [3.63, 3.8) is 0 Å². The minimum absolute atomic E-state index is 0.00150. The van der Waals surface area contributed by atoms with Gasteiger partial charge >= 0.3 is 0 Å². The summed E-state index contributed by atoms with van der Waals surface area (Å²) in [5, 5.41) is 10.0. The molecule has 5 nitrogen and oxygen atoms in total. The van der Waals surface area contributed by atoms with Crippen LogP contribution in [-0.2, 0) is 4.79 Å². The van der Waals surface area contributed by atoms with Gasteiger partial charge in [0.05, 0.1) is 5.69 Å². The van der Waals surface area contributed by atoms with Gasteiger partial charge in [0, 0.05) is 18.0 Å². The predicted octanol–water partition coefficient (Wildman–Crippen LogP) is 2.15. The third kappa shape index (κ3) is 3.32. The molecule has 0 bridgehead atoms. The van der Waals surface area contributed by atoms with Crippen LogP contribution in [0.2, 0.25) is 0 Å². The van der Waals surface area contributed by atoms with Crippen molar-refractivity contribution in [2.24, 2.45) is 0 Å². The summed E-state index contributed by atoms with van der Waals surface area (Å²) in [7, 11) is 0. The molecule has 1 saturated heterocycles. The van der Waals surface area contributed by atoms with Gasteiger partial charge in [0.1, 0.15) is 0 Å². The van der Waals surface area contributed by atoms with E-state index in [1.54, 1.807) is 0 Å². The Morgan fingerprint density at radius 1 is 1.50 bits per heavy atom. The van der Waals surface area contributed by atoms with Gasteiger partial charge in [-0.1, -0.05) is 11.6 Å². The fraction of sp³-hybridized carbons (Fsp3) is 0.692. The Balaban J connectivity index is 1.76. The summed E-state index contributed by atoms with van der Waals surface area (Å²) in [5.74, 6) is 0.482. The van der Waals surface area contributed by atoms with E-state index in [2.05, 4.69) is 15.8 Å². The van der Waals surface area contributed by atoms with E-state index in [0.717, 1.165) is 24.2 Å². The number of rotatable bonds is 4. The van der Waals surface area contributed by atoms with Crippen LogP contribution in [0.5, 0.6) is 0 Å². The molecule has 1 aromatic heterocycles. The first-order valence-electron chi connectivity index (χ1n) is 6.63. The molecule has 1 aliphatic rings. The highest BCUT2D eigenvalue weighted by Crippen LogP contribution is 2.18. The summed E-state index contributed by atoms with van der Waals surface area (Å²) < 4.78 is 5.06. The normalized spacial score (nSPS) is 19.8. The van der Waals surface area contributed by atoms with Crippen molar-refractivity contribution < 1.29 is 9.32 Å². The van der Waals surface area contributed by atoms with Crippen molar-refractivity contribution in [2.75, 3.05) is 11.9 Å². The second-order valence-electron chi connectivity index (χ2n) is 4.96. The van der Waals surface area contributed by atoms with E-state index in [1.807, 2.05) is 13.8 Å². The van der Waals surface area contributed by atoms with Crippen LogP contribution in [0.1, 0.15) is 43.4 Å². The second kappa shape index (κ2) is 6.00. The smallest absolute Gasteiger partial charge is 0.234 e. The highest BCUT2D eigenvalue weighted by molar-refractivity contribution is 5.90. The molecular weight excluding hydrogens is 230 g/mol. The molecule has 1 fully saturated rings. The Kier molecular flexibility index (Phi) is 4.36. The second-order valence-corrected chi connectivity index (χ2v) is 4.96. The number of hydrogen-bond donors (Lipinski definition) is 2. The van der Waals surface area contributed by atoms with Crippen molar-refractivity contribution in [3.05, 3.63) is 11.3 Å². The molecule has 100 valence electrons. The van der Waals surface area contributed by atoms with Gasteiger partial charge in [0.25, 0.3) is 0 Å². The topological polar surface area (TPSA) is 67.2 Å². The van der Waals surface area contributed by atoms with Gasteiger partial charge in [0.2, 0.25) is 11.8 Å². The molecular formula is C13H21N3O2. The van der Waals surface area contributed by atoms with Gasteiger partial charge in [0.15, 0.2) is 0 Å². The summed E-state index contributed by atoms with van der Waals surface area (Å²) in [6.45, 7) is 4.83. The molecule has 0 radical (unpaired) electrons. The summed E-state index contributed by atoms with van der Waals surface area (Å²) in [4.78, 5) is 11.8. The minimum Gasteiger partial charge on any atom is -0.338 e. The number of nitrogens with zero attached hydrogens (tertiary/aromatic N) is 1. The molecule has 0 aliphatic carbocycles. The predicted molar refractivity (Wildman–Crippen MR) is 69.5 cm³/mol. The number of carbonyl (C=O) groups excluding carboxylic acids is 1. The number of piperidine rings is 1. The molecule has 1 amide bonds. The van der Waals surface area contributed by atoms with Crippen molar-refractivity contribution in [1.29, 1.82) is 0 Å². The SMILES string of the molecule is Cc1noc(NC(=O)CCC2CCCCN2)c1C. The summed E-state index contributed by atoms with van der Waals surface area (Å²) in [6.07, 6.45) is 5.10. The van der Waals surface area contributed by atoms with E-state index < -0.39 is 0 Å². The lowest BCUT2D eigenvalue weighted by Gasteiger charge is -2.22. The Bertz CT molecular complexity index is 408. The summed E-state index contributed by atoms with van der Waals surface area (Å²) >= 11 is 0. The van der Waals surface area contributed by atoms with Crippen LogP contribution < -0.4 is 10.6 Å². The molecule has 1 aromatic rings. The van der Waals surface area contributed by atoms with Gasteiger partial charge < -0.3 is 9.84 Å². The Hall–Kier alpha value is -1.36. The van der Waals surface area contributed by atoms with Crippen molar-refractivity contribution in [3.8, 4) is 0 Å². The number of anilines is 1. The van der Waals surface area contributed by atoms with Crippen LogP contribution in [0.15, 0.2) is 4.52 Å². The fourth-order valence-corrected chi connectivity index (χ4v) is 2.20. The highest BCUT2D eigenvalue weighted by atomic mass is 16.5. The maximum absolute atomic E-state index is 11.8. The third-order valence-corrected chi connectivity index (χ3v) is 3.54. The summed E-state index contributed by atoms with van der Waals surface area (Å²) in [6, 6.07) is 0.488. The quantitative estimate of drug-likeness (QED) is 0.860. The average molecular weight is 251 g/mol. The fourth-order valence-electron chi connectivity index (χ4n) is 2.20. The average Bonchev–Trinajstić information content (AvgIpc) is 2.70. The van der Waals surface area contributed by atoms with Crippen LogP contribution in [0, 0.1) is 13.8 Å². The maximum atomic E-state index is 11.8. The van der Waals surface area contributed by atoms with Crippen LogP contribution in [0.4, 0.5) is 5.88 Å². The first-order valence-corrected chi connectivity index (χ1v) is 6.63. The lowest BCUT2D eigenvalue weighted by atomic mass is 10.0. The van der Waals surface area contributed by atoms with Crippen molar-refractivity contribution >= 4 is 11.8 Å². The molecule has 1 atom stereocenters. The van der Waals surface area contributed by atoms with E-state index in [-0.39, 0.29) is 5.91 Å². The van der Waals surface area contributed by atoms with E-state index in [9.17, 15) is 4.79 Å². The number of amides is 1. The van der Waals surface area contributed by atoms with Gasteiger partial charge in [-0.25, -0.2) is 0 Å². The molecule has 1 unspecified atom stereocenters. The number of aromatic nitrogens is 1. The monoisotopic (exact) mass is 251 g/mol. The van der Waals surface area contributed by atoms with E-state index in [0.29, 0.717) is 18.3 Å². The molecule has 1 aliphatic heterocycles. The lowest BCUT2D eigenvalue weighted by Crippen LogP contribution is -2.34. The Labute approximate surface area is 107 Å². The first kappa shape index (κ1) is 13.1. The van der Waals surface area contributed by atoms with Crippen molar-refractivity contribution in [1.82, 2.24) is 10.5 Å². The molecule has 5 heteroatoms. The zero-order valence-corrected chi connectivity index (χ0v) is 11.1. The number of aryl methyl sites for hydroxylation is 1. The van der Waals surface area contributed by atoms with Gasteiger partial charge in [-0.3, -0.25) is 10.1 Å². The maximum Gasteiger partial charge on any atom is 0.234 e. The zero-order chi connectivity index (χ0) is 13.0. The van der Waals surface area contributed by atoms with Crippen LogP contribution in [0.3, 0.4) is 0 Å². The molecule has 2 heterocycles. The van der Waals surface area contributed by atoms with Gasteiger partial charge in [-0.15, -0.1) is 0 Å². The Morgan fingerprint density at radius 3 is 2.94 bits per heavy atom. The van der Waals surface area contributed by atoms with Crippen LogP contribution in [-0.4, -0.2) is 23.7 Å². The van der Waals surface area contributed by atoms with Gasteiger partial charge in [-0.05, 0) is 39.7 Å². The van der Waals surface area contributed by atoms with Gasteiger partial charge in [-0.2, -0.15) is 0 Å². The molecule has 0 saturated carbocycles. The van der Waals surface area contributed by atoms with Crippen LogP contribution in [0.25, 0.3) is 0 Å². The molecule has 2 rings (SSSR count). The minimum atomic E-state index is 0.00150. The van der Waals surface area contributed by atoms with E-state index in [4.69, 9.17) is 4.52 Å².